The second-order valence-electron chi connectivity index (χ2n) is 10.0. The summed E-state index contributed by atoms with van der Waals surface area (Å²) in [6, 6.07) is 1.70. The standard InChI is InChI=1S/C24H39N7O8/c1-23(2,3)24(39,31-18(33)12-29-20(36)15(25)7-9-19(34)35)17(5-4-10-28-22(26)27)30-13-6-8-16(32)14(11-13)21(37)38/h6,8,11,15,17,30,32,39H,4-5,7,9-10,12,25H2,1-3H3,(H,29,36)(H,31,33)(H,34,35)(H,37,38)(H4,26,27,28)/t15-,17+,24?/m1/s1. The number of phenols is 1. The molecule has 1 unspecified atom stereocenters. The van der Waals surface area contributed by atoms with Crippen molar-refractivity contribution in [2.75, 3.05) is 18.4 Å². The van der Waals surface area contributed by atoms with Crippen LogP contribution in [0.5, 0.6) is 5.75 Å². The molecular weight excluding hydrogens is 514 g/mol. The van der Waals surface area contributed by atoms with Gasteiger partial charge in [-0.25, -0.2) is 4.79 Å². The summed E-state index contributed by atoms with van der Waals surface area (Å²) < 4.78 is 0. The number of hydrogen-bond acceptors (Lipinski definition) is 9. The fourth-order valence-corrected chi connectivity index (χ4v) is 3.65. The van der Waals surface area contributed by atoms with E-state index in [9.17, 15) is 34.5 Å². The van der Waals surface area contributed by atoms with Gasteiger partial charge in [-0.3, -0.25) is 19.4 Å². The Kier molecular flexibility index (Phi) is 11.9. The van der Waals surface area contributed by atoms with Gasteiger partial charge in [-0.1, -0.05) is 20.8 Å². The van der Waals surface area contributed by atoms with Crippen LogP contribution in [-0.2, 0) is 14.4 Å². The molecule has 13 N–H and O–H groups in total. The van der Waals surface area contributed by atoms with E-state index in [0.717, 1.165) is 0 Å². The van der Waals surface area contributed by atoms with Crippen molar-refractivity contribution in [3.63, 3.8) is 0 Å². The summed E-state index contributed by atoms with van der Waals surface area (Å²) in [7, 11) is 0. The molecule has 0 aliphatic carbocycles. The van der Waals surface area contributed by atoms with Crippen molar-refractivity contribution in [2.45, 2.75) is 64.3 Å². The van der Waals surface area contributed by atoms with Gasteiger partial charge in [-0.05, 0) is 37.5 Å². The van der Waals surface area contributed by atoms with Gasteiger partial charge in [0.2, 0.25) is 11.8 Å². The first kappa shape index (κ1) is 32.9. The first-order valence-electron chi connectivity index (χ1n) is 12.1. The van der Waals surface area contributed by atoms with E-state index in [1.165, 1.54) is 18.2 Å². The van der Waals surface area contributed by atoms with Crippen molar-refractivity contribution < 1.29 is 39.6 Å². The zero-order chi connectivity index (χ0) is 30.0. The number of carboxylic acids is 2. The molecule has 0 saturated heterocycles. The number of aliphatic imine (C=N–C) groups is 1. The lowest BCUT2D eigenvalue weighted by molar-refractivity contribution is -0.144. The second-order valence-corrected chi connectivity index (χ2v) is 10.0. The summed E-state index contributed by atoms with van der Waals surface area (Å²) in [5.41, 5.74) is 13.3. The number of aliphatic carboxylic acids is 1. The number of aromatic carboxylic acids is 1. The minimum absolute atomic E-state index is 0.124. The van der Waals surface area contributed by atoms with E-state index >= 15 is 0 Å². The van der Waals surface area contributed by atoms with E-state index in [4.69, 9.17) is 22.3 Å². The molecule has 3 atom stereocenters. The average molecular weight is 554 g/mol. The summed E-state index contributed by atoms with van der Waals surface area (Å²) in [4.78, 5) is 51.1. The number of amides is 2. The van der Waals surface area contributed by atoms with Gasteiger partial charge in [0.25, 0.3) is 0 Å². The maximum absolute atomic E-state index is 12.8. The van der Waals surface area contributed by atoms with Gasteiger partial charge in [0.05, 0.1) is 18.6 Å². The fraction of sp³-hybridized carbons (Fsp3) is 0.542. The van der Waals surface area contributed by atoms with E-state index in [1.807, 2.05) is 0 Å². The molecule has 2 amide bonds. The molecule has 39 heavy (non-hydrogen) atoms. The molecule has 0 saturated carbocycles. The van der Waals surface area contributed by atoms with Crippen molar-refractivity contribution in [3.05, 3.63) is 23.8 Å². The number of carbonyl (C=O) groups is 4. The Labute approximate surface area is 225 Å². The van der Waals surface area contributed by atoms with Gasteiger partial charge >= 0.3 is 11.9 Å². The quantitative estimate of drug-likeness (QED) is 0.0415. The van der Waals surface area contributed by atoms with Crippen LogP contribution < -0.4 is 33.2 Å². The molecule has 0 aliphatic rings. The van der Waals surface area contributed by atoms with Crippen molar-refractivity contribution in [3.8, 4) is 5.75 Å². The molecule has 15 nitrogen and oxygen atoms in total. The van der Waals surface area contributed by atoms with Gasteiger partial charge in [-0.15, -0.1) is 0 Å². The van der Waals surface area contributed by atoms with E-state index < -0.39 is 59.3 Å². The zero-order valence-corrected chi connectivity index (χ0v) is 22.2. The Hall–Kier alpha value is -4.11. The SMILES string of the molecule is CC(C)(C)C(O)(NC(=O)CNC(=O)[C@H](N)CCC(=O)O)[C@H](CCCN=C(N)N)Nc1ccc(O)c(C(=O)O)c1. The number of aliphatic hydroxyl groups is 1. The molecule has 15 heteroatoms. The molecule has 1 aromatic rings. The lowest BCUT2D eigenvalue weighted by Gasteiger charge is -2.46. The molecule has 0 radical (unpaired) electrons. The number of anilines is 1. The van der Waals surface area contributed by atoms with E-state index in [0.29, 0.717) is 6.42 Å². The van der Waals surface area contributed by atoms with Crippen LogP contribution >= 0.6 is 0 Å². The topological polar surface area (TPSA) is 276 Å². The molecule has 0 aliphatic heterocycles. The normalized spacial score (nSPS) is 14.3. The highest BCUT2D eigenvalue weighted by molar-refractivity contribution is 5.92. The number of rotatable bonds is 15. The van der Waals surface area contributed by atoms with Crippen molar-refractivity contribution >= 4 is 35.4 Å². The first-order valence-corrected chi connectivity index (χ1v) is 12.1. The third kappa shape index (κ3) is 10.3. The largest absolute Gasteiger partial charge is 0.507 e. The number of benzene rings is 1. The molecule has 218 valence electrons. The van der Waals surface area contributed by atoms with Gasteiger partial charge < -0.3 is 53.6 Å². The van der Waals surface area contributed by atoms with Crippen LogP contribution in [0.1, 0.15) is 56.8 Å². The summed E-state index contributed by atoms with van der Waals surface area (Å²) >= 11 is 0. The Morgan fingerprint density at radius 1 is 1.08 bits per heavy atom. The summed E-state index contributed by atoms with van der Waals surface area (Å²) in [5, 5.41) is 47.7. The zero-order valence-electron chi connectivity index (χ0n) is 22.2. The Morgan fingerprint density at radius 3 is 2.26 bits per heavy atom. The molecule has 0 fully saturated rings. The average Bonchev–Trinajstić information content (AvgIpc) is 2.82. The number of aromatic hydroxyl groups is 1. The summed E-state index contributed by atoms with van der Waals surface area (Å²) in [6.45, 7) is 4.64. The number of hydrogen-bond donors (Lipinski definition) is 10. The van der Waals surface area contributed by atoms with Crippen LogP contribution in [-0.4, -0.2) is 81.0 Å². The van der Waals surface area contributed by atoms with Gasteiger partial charge in [0, 0.05) is 24.1 Å². The Bertz CT molecular complexity index is 1070. The fourth-order valence-electron chi connectivity index (χ4n) is 3.65. The van der Waals surface area contributed by atoms with Crippen LogP contribution in [0.25, 0.3) is 0 Å². The highest BCUT2D eigenvalue weighted by atomic mass is 16.4. The second kappa shape index (κ2) is 14.2. The lowest BCUT2D eigenvalue weighted by atomic mass is 9.76. The number of carboxylic acid groups (broad SMARTS) is 2. The van der Waals surface area contributed by atoms with E-state index in [1.54, 1.807) is 20.8 Å². The highest BCUT2D eigenvalue weighted by Crippen LogP contribution is 2.35. The van der Waals surface area contributed by atoms with Crippen molar-refractivity contribution in [1.82, 2.24) is 10.6 Å². The number of carbonyl (C=O) groups excluding carboxylic acids is 2. The third-order valence-corrected chi connectivity index (χ3v) is 5.92. The molecular formula is C24H39N7O8. The van der Waals surface area contributed by atoms with Gasteiger partial charge in [0.1, 0.15) is 11.3 Å². The number of nitrogens with zero attached hydrogens (tertiary/aromatic N) is 1. The Balaban J connectivity index is 3.20. The molecule has 0 spiro atoms. The van der Waals surface area contributed by atoms with E-state index in [-0.39, 0.29) is 43.0 Å². The van der Waals surface area contributed by atoms with Crippen molar-refractivity contribution in [2.24, 2.45) is 27.6 Å². The number of nitrogens with one attached hydrogen (secondary N) is 3. The first-order chi connectivity index (χ1) is 18.0. The molecule has 1 aromatic carbocycles. The monoisotopic (exact) mass is 553 g/mol. The summed E-state index contributed by atoms with van der Waals surface area (Å²) in [5.74, 6) is -4.55. The maximum atomic E-state index is 12.8. The minimum Gasteiger partial charge on any atom is -0.507 e. The molecule has 0 aromatic heterocycles. The third-order valence-electron chi connectivity index (χ3n) is 5.92. The van der Waals surface area contributed by atoms with Crippen LogP contribution in [0.2, 0.25) is 0 Å². The van der Waals surface area contributed by atoms with Crippen molar-refractivity contribution in [1.29, 1.82) is 0 Å². The predicted octanol–water partition coefficient (Wildman–Crippen LogP) is -0.916. The van der Waals surface area contributed by atoms with Crippen LogP contribution in [0, 0.1) is 5.41 Å². The molecule has 0 heterocycles. The van der Waals surface area contributed by atoms with Crippen LogP contribution in [0.3, 0.4) is 0 Å². The summed E-state index contributed by atoms with van der Waals surface area (Å²) in [6.07, 6.45) is 0.101. The smallest absolute Gasteiger partial charge is 0.339 e. The predicted molar refractivity (Wildman–Crippen MR) is 143 cm³/mol. The van der Waals surface area contributed by atoms with Gasteiger partial charge in [-0.2, -0.15) is 0 Å². The number of guanidine groups is 1. The van der Waals surface area contributed by atoms with Crippen LogP contribution in [0.15, 0.2) is 23.2 Å². The maximum Gasteiger partial charge on any atom is 0.339 e. The van der Waals surface area contributed by atoms with E-state index in [2.05, 4.69) is 20.9 Å². The molecule has 1 rings (SSSR count). The number of nitrogens with two attached hydrogens (primary N) is 3. The Morgan fingerprint density at radius 2 is 1.72 bits per heavy atom. The highest BCUT2D eigenvalue weighted by Gasteiger charge is 2.48. The minimum atomic E-state index is -1.97. The van der Waals surface area contributed by atoms with Gasteiger partial charge in [0.15, 0.2) is 11.7 Å². The van der Waals surface area contributed by atoms with Crippen LogP contribution in [0.4, 0.5) is 5.69 Å². The lowest BCUT2D eigenvalue weighted by Crippen LogP contribution is -2.67. The molecule has 0 bridgehead atoms.